The van der Waals surface area contributed by atoms with Gasteiger partial charge in [-0.1, -0.05) is 24.3 Å². The molecule has 0 fully saturated rings. The van der Waals surface area contributed by atoms with Crippen molar-refractivity contribution in [3.05, 3.63) is 48.0 Å². The van der Waals surface area contributed by atoms with Crippen LogP contribution in [0, 0.1) is 0 Å². The molecule has 2 rings (SSSR count). The molecule has 0 aliphatic carbocycles. The largest absolute Gasteiger partial charge is 0.496 e. The lowest BCUT2D eigenvalue weighted by Crippen LogP contribution is -2.05. The number of benzene rings is 2. The van der Waals surface area contributed by atoms with E-state index in [1.165, 1.54) is 7.11 Å². The lowest BCUT2D eigenvalue weighted by Gasteiger charge is -2.15. The fraction of sp³-hybridized carbons (Fsp3) is 0.188. The first kappa shape index (κ1) is 13.9. The van der Waals surface area contributed by atoms with E-state index in [9.17, 15) is 4.79 Å². The molecule has 0 amide bonds. The quantitative estimate of drug-likeness (QED) is 0.802. The van der Waals surface area contributed by atoms with Gasteiger partial charge in [-0.15, -0.1) is 0 Å². The van der Waals surface area contributed by atoms with E-state index in [-0.39, 0.29) is 0 Å². The highest BCUT2D eigenvalue weighted by molar-refractivity contribution is 6.00. The second-order valence-electron chi connectivity index (χ2n) is 4.07. The van der Waals surface area contributed by atoms with Gasteiger partial charge in [0.2, 0.25) is 0 Å². The second kappa shape index (κ2) is 6.10. The number of hydrogen-bond donors (Lipinski definition) is 0. The Morgan fingerprint density at radius 3 is 2.15 bits per heavy atom. The topological polar surface area (TPSA) is 44.8 Å². The summed E-state index contributed by atoms with van der Waals surface area (Å²) in [6.45, 7) is 0. The smallest absolute Gasteiger partial charge is 0.338 e. The maximum Gasteiger partial charge on any atom is 0.338 e. The molecule has 2 aromatic carbocycles. The van der Waals surface area contributed by atoms with Gasteiger partial charge in [0.1, 0.15) is 11.5 Å². The summed E-state index contributed by atoms with van der Waals surface area (Å²) in [5, 5.41) is 0. The SMILES string of the molecule is COC(=O)c1cccc(OC)c1-c1ccccc1OC. The van der Waals surface area contributed by atoms with E-state index < -0.39 is 5.97 Å². The number of para-hydroxylation sites is 1. The van der Waals surface area contributed by atoms with Gasteiger partial charge in [0.15, 0.2) is 0 Å². The van der Waals surface area contributed by atoms with Crippen molar-refractivity contribution in [1.29, 1.82) is 0 Å². The molecule has 0 spiro atoms. The molecular formula is C16H16O4. The number of ether oxygens (including phenoxy) is 3. The number of hydrogen-bond acceptors (Lipinski definition) is 4. The number of carbonyl (C=O) groups excluding carboxylic acids is 1. The average Bonchev–Trinajstić information content (AvgIpc) is 2.53. The van der Waals surface area contributed by atoms with Gasteiger partial charge in [0, 0.05) is 11.1 Å². The molecule has 0 heterocycles. The highest BCUT2D eigenvalue weighted by Crippen LogP contribution is 2.38. The normalized spacial score (nSPS) is 9.95. The van der Waals surface area contributed by atoms with Crippen LogP contribution in [0.2, 0.25) is 0 Å². The molecule has 0 aromatic heterocycles. The summed E-state index contributed by atoms with van der Waals surface area (Å²) in [6, 6.07) is 12.7. The van der Waals surface area contributed by atoms with E-state index in [0.29, 0.717) is 22.6 Å². The third-order valence-corrected chi connectivity index (χ3v) is 3.03. The first-order valence-electron chi connectivity index (χ1n) is 6.11. The maximum absolute atomic E-state index is 12.0. The lowest BCUT2D eigenvalue weighted by molar-refractivity contribution is 0.0601. The van der Waals surface area contributed by atoms with E-state index in [2.05, 4.69) is 0 Å². The lowest BCUT2D eigenvalue weighted by atomic mass is 9.97. The first-order chi connectivity index (χ1) is 9.72. The summed E-state index contributed by atoms with van der Waals surface area (Å²) in [5.41, 5.74) is 1.89. The van der Waals surface area contributed by atoms with Crippen LogP contribution in [-0.4, -0.2) is 27.3 Å². The molecule has 2 aromatic rings. The Morgan fingerprint density at radius 1 is 0.850 bits per heavy atom. The van der Waals surface area contributed by atoms with Crippen LogP contribution in [0.3, 0.4) is 0 Å². The number of rotatable bonds is 4. The van der Waals surface area contributed by atoms with E-state index >= 15 is 0 Å². The Labute approximate surface area is 117 Å². The van der Waals surface area contributed by atoms with Gasteiger partial charge in [-0.25, -0.2) is 4.79 Å². The van der Waals surface area contributed by atoms with Crippen LogP contribution < -0.4 is 9.47 Å². The molecule has 0 atom stereocenters. The van der Waals surface area contributed by atoms with E-state index in [4.69, 9.17) is 14.2 Å². The Bertz CT molecular complexity index is 620. The van der Waals surface area contributed by atoms with Crippen molar-refractivity contribution in [2.75, 3.05) is 21.3 Å². The van der Waals surface area contributed by atoms with Crippen LogP contribution >= 0.6 is 0 Å². The molecule has 4 heteroatoms. The van der Waals surface area contributed by atoms with Crippen LogP contribution in [0.4, 0.5) is 0 Å². The Hall–Kier alpha value is -2.49. The molecular weight excluding hydrogens is 256 g/mol. The molecule has 4 nitrogen and oxygen atoms in total. The minimum atomic E-state index is -0.412. The monoisotopic (exact) mass is 272 g/mol. The van der Waals surface area contributed by atoms with Crippen molar-refractivity contribution >= 4 is 5.97 Å². The summed E-state index contributed by atoms with van der Waals surface area (Å²) >= 11 is 0. The molecule has 0 N–H and O–H groups in total. The number of methoxy groups -OCH3 is 3. The fourth-order valence-corrected chi connectivity index (χ4v) is 2.11. The Kier molecular flexibility index (Phi) is 4.25. The van der Waals surface area contributed by atoms with Crippen LogP contribution in [0.15, 0.2) is 42.5 Å². The third-order valence-electron chi connectivity index (χ3n) is 3.03. The molecule has 0 unspecified atom stereocenters. The zero-order valence-electron chi connectivity index (χ0n) is 11.7. The summed E-state index contributed by atoms with van der Waals surface area (Å²) in [5.74, 6) is 0.851. The first-order valence-corrected chi connectivity index (χ1v) is 6.11. The average molecular weight is 272 g/mol. The molecule has 104 valence electrons. The van der Waals surface area contributed by atoms with Gasteiger partial charge < -0.3 is 14.2 Å². The molecule has 0 bridgehead atoms. The van der Waals surface area contributed by atoms with Crippen LogP contribution in [-0.2, 0) is 4.74 Å². The summed E-state index contributed by atoms with van der Waals surface area (Å²) in [7, 11) is 4.51. The van der Waals surface area contributed by atoms with Crippen LogP contribution in [0.25, 0.3) is 11.1 Å². The van der Waals surface area contributed by atoms with Crippen molar-refractivity contribution < 1.29 is 19.0 Å². The molecule has 0 aliphatic heterocycles. The van der Waals surface area contributed by atoms with Crippen molar-refractivity contribution in [3.8, 4) is 22.6 Å². The highest BCUT2D eigenvalue weighted by Gasteiger charge is 2.20. The van der Waals surface area contributed by atoms with Crippen molar-refractivity contribution in [2.45, 2.75) is 0 Å². The molecule has 0 saturated carbocycles. The molecule has 0 saturated heterocycles. The number of carbonyl (C=O) groups is 1. The zero-order chi connectivity index (χ0) is 14.5. The number of esters is 1. The van der Waals surface area contributed by atoms with Crippen molar-refractivity contribution in [3.63, 3.8) is 0 Å². The van der Waals surface area contributed by atoms with Crippen LogP contribution in [0.5, 0.6) is 11.5 Å². The minimum Gasteiger partial charge on any atom is -0.496 e. The van der Waals surface area contributed by atoms with Gasteiger partial charge in [0.25, 0.3) is 0 Å². The summed E-state index contributed by atoms with van der Waals surface area (Å²) < 4.78 is 15.6. The summed E-state index contributed by atoms with van der Waals surface area (Å²) in [6.07, 6.45) is 0. The molecule has 0 aliphatic rings. The van der Waals surface area contributed by atoms with Crippen molar-refractivity contribution in [1.82, 2.24) is 0 Å². The van der Waals surface area contributed by atoms with E-state index in [0.717, 1.165) is 5.56 Å². The van der Waals surface area contributed by atoms with Gasteiger partial charge in [-0.2, -0.15) is 0 Å². The Morgan fingerprint density at radius 2 is 1.50 bits per heavy atom. The summed E-state index contributed by atoms with van der Waals surface area (Å²) in [4.78, 5) is 12.0. The van der Waals surface area contributed by atoms with Gasteiger partial charge in [-0.3, -0.25) is 0 Å². The highest BCUT2D eigenvalue weighted by atomic mass is 16.5. The van der Waals surface area contributed by atoms with Crippen LogP contribution in [0.1, 0.15) is 10.4 Å². The van der Waals surface area contributed by atoms with Gasteiger partial charge in [0.05, 0.1) is 26.9 Å². The maximum atomic E-state index is 12.0. The van der Waals surface area contributed by atoms with Crippen molar-refractivity contribution in [2.24, 2.45) is 0 Å². The minimum absolute atomic E-state index is 0.412. The van der Waals surface area contributed by atoms with Gasteiger partial charge in [-0.05, 0) is 18.2 Å². The molecule has 20 heavy (non-hydrogen) atoms. The fourth-order valence-electron chi connectivity index (χ4n) is 2.11. The predicted octanol–water partition coefficient (Wildman–Crippen LogP) is 3.16. The standard InChI is InChI=1S/C16H16O4/c1-18-13-9-5-4-7-11(13)15-12(16(17)20-3)8-6-10-14(15)19-2/h4-10H,1-3H3. The van der Waals surface area contributed by atoms with Gasteiger partial charge >= 0.3 is 5.97 Å². The second-order valence-corrected chi connectivity index (χ2v) is 4.07. The zero-order valence-corrected chi connectivity index (χ0v) is 11.7. The third kappa shape index (κ3) is 2.45. The van der Waals surface area contributed by atoms with E-state index in [1.807, 2.05) is 24.3 Å². The molecule has 0 radical (unpaired) electrons. The predicted molar refractivity (Wildman–Crippen MR) is 76.3 cm³/mol. The Balaban J connectivity index is 2.73. The van der Waals surface area contributed by atoms with E-state index in [1.54, 1.807) is 32.4 Å².